The lowest BCUT2D eigenvalue weighted by Gasteiger charge is -2.38. The Bertz CT molecular complexity index is 806. The van der Waals surface area contributed by atoms with Gasteiger partial charge in [0.15, 0.2) is 0 Å². The second-order valence-electron chi connectivity index (χ2n) is 15.2. The van der Waals surface area contributed by atoms with Gasteiger partial charge in [-0.25, -0.2) is 4.79 Å². The fourth-order valence-electron chi connectivity index (χ4n) is 5.82. The van der Waals surface area contributed by atoms with E-state index in [9.17, 15) is 9.59 Å². The number of carbonyl (C=O) groups is 2. The molecule has 1 fully saturated rings. The molecule has 0 aromatic rings. The van der Waals surface area contributed by atoms with Crippen molar-refractivity contribution in [2.75, 3.05) is 0 Å². The predicted molar refractivity (Wildman–Crippen MR) is 160 cm³/mol. The summed E-state index contributed by atoms with van der Waals surface area (Å²) in [5.41, 5.74) is 2.21. The van der Waals surface area contributed by atoms with Gasteiger partial charge in [0.25, 0.3) is 0 Å². The van der Waals surface area contributed by atoms with Gasteiger partial charge in [-0.3, -0.25) is 4.79 Å². The normalized spacial score (nSPS) is 21.4. The molecule has 1 aliphatic rings. The summed E-state index contributed by atoms with van der Waals surface area (Å²) >= 11 is 0. The van der Waals surface area contributed by atoms with Crippen molar-refractivity contribution in [2.45, 2.75) is 134 Å². The number of Topliss-reactive ketones (excluding diaryl/α,β-unsaturated/α-hetero) is 1. The minimum absolute atomic E-state index is 0.0169. The van der Waals surface area contributed by atoms with Crippen molar-refractivity contribution in [3.63, 3.8) is 0 Å². The third-order valence-electron chi connectivity index (χ3n) is 8.35. The number of amides is 2. The monoisotopic (exact) mass is 516 g/mol. The van der Waals surface area contributed by atoms with Crippen LogP contribution in [0, 0.1) is 39.9 Å². The number of rotatable bonds is 13. The van der Waals surface area contributed by atoms with E-state index in [0.717, 1.165) is 44.1 Å². The quantitative estimate of drug-likeness (QED) is 0.240. The van der Waals surface area contributed by atoms with E-state index in [-0.39, 0.29) is 52.0 Å². The van der Waals surface area contributed by atoms with Crippen LogP contribution in [-0.4, -0.2) is 23.9 Å². The summed E-state index contributed by atoms with van der Waals surface area (Å²) < 4.78 is 0. The maximum atomic E-state index is 13.4. The van der Waals surface area contributed by atoms with Gasteiger partial charge in [-0.2, -0.15) is 0 Å². The van der Waals surface area contributed by atoms with E-state index in [1.165, 1.54) is 5.57 Å². The molecular formula is C33H60N2O2. The molecule has 0 aromatic carbocycles. The van der Waals surface area contributed by atoms with Crippen LogP contribution >= 0.6 is 0 Å². The van der Waals surface area contributed by atoms with Gasteiger partial charge in [0, 0.05) is 12.0 Å². The molecule has 0 saturated heterocycles. The first kappa shape index (κ1) is 33.4. The van der Waals surface area contributed by atoms with Gasteiger partial charge in [-0.1, -0.05) is 107 Å². The van der Waals surface area contributed by atoms with Crippen molar-refractivity contribution in [1.29, 1.82) is 0 Å². The lowest BCUT2D eigenvalue weighted by atomic mass is 9.73. The molecule has 4 heteroatoms. The van der Waals surface area contributed by atoms with E-state index in [2.05, 4.69) is 100.0 Å². The molecule has 3 unspecified atom stereocenters. The summed E-state index contributed by atoms with van der Waals surface area (Å²) in [5.74, 6) is 1.34. The second-order valence-corrected chi connectivity index (χ2v) is 15.2. The van der Waals surface area contributed by atoms with Crippen LogP contribution in [0.15, 0.2) is 24.3 Å². The number of allylic oxidation sites excluding steroid dienone is 1. The number of hydrogen-bond donors (Lipinski definition) is 2. The molecule has 0 heterocycles. The number of ketones is 1. The van der Waals surface area contributed by atoms with Gasteiger partial charge >= 0.3 is 6.03 Å². The Morgan fingerprint density at radius 2 is 1.54 bits per heavy atom. The maximum absolute atomic E-state index is 13.4. The first-order valence-electron chi connectivity index (χ1n) is 14.6. The topological polar surface area (TPSA) is 58.2 Å². The first-order chi connectivity index (χ1) is 16.7. The molecule has 0 aromatic heterocycles. The van der Waals surface area contributed by atoms with Crippen LogP contribution in [0.5, 0.6) is 0 Å². The maximum Gasteiger partial charge on any atom is 0.315 e. The molecule has 1 aliphatic carbocycles. The Balaban J connectivity index is 2.96. The molecular weight excluding hydrogens is 456 g/mol. The summed E-state index contributed by atoms with van der Waals surface area (Å²) in [4.78, 5) is 26.0. The molecule has 1 rings (SSSR count). The van der Waals surface area contributed by atoms with E-state index < -0.39 is 0 Å². The van der Waals surface area contributed by atoms with Gasteiger partial charge < -0.3 is 10.6 Å². The summed E-state index contributed by atoms with van der Waals surface area (Å²) in [6, 6.07) is -0.283. The Morgan fingerprint density at radius 3 is 1.95 bits per heavy atom. The minimum atomic E-state index is -0.223. The smallest absolute Gasteiger partial charge is 0.315 e. The average Bonchev–Trinajstić information content (AvgIpc) is 3.47. The van der Waals surface area contributed by atoms with Crippen LogP contribution in [0.2, 0.25) is 0 Å². The van der Waals surface area contributed by atoms with Crippen LogP contribution in [0.4, 0.5) is 4.79 Å². The summed E-state index contributed by atoms with van der Waals surface area (Å²) in [7, 11) is 0. The number of hydrogen-bond acceptors (Lipinski definition) is 2. The van der Waals surface area contributed by atoms with Crippen molar-refractivity contribution in [1.82, 2.24) is 10.6 Å². The number of nitrogens with one attached hydrogen (secondary N) is 2. The predicted octanol–water partition coefficient (Wildman–Crippen LogP) is 8.72. The van der Waals surface area contributed by atoms with E-state index >= 15 is 0 Å². The Labute approximate surface area is 229 Å². The van der Waals surface area contributed by atoms with Gasteiger partial charge in [-0.05, 0) is 73.0 Å². The van der Waals surface area contributed by atoms with Crippen molar-refractivity contribution in [3.8, 4) is 0 Å². The highest BCUT2D eigenvalue weighted by Crippen LogP contribution is 2.51. The Hall–Kier alpha value is -1.58. The lowest BCUT2D eigenvalue weighted by molar-refractivity contribution is -0.122. The average molecular weight is 517 g/mol. The van der Waals surface area contributed by atoms with E-state index in [1.54, 1.807) is 6.92 Å². The highest BCUT2D eigenvalue weighted by Gasteiger charge is 2.47. The standard InChI is InChI=1S/C33H60N2O2/c1-15-25-19-27(25)28(24(5)36)22(3)23(4)29(33(12,13)14)35-30(37)34-26(20-31(6,7)8)18-16-17-21(2)32(9,10)11/h22,25-29H,2,4,15-20H2,1,3,5-14H3,(H2,34,35,37)/t22?,25-,26-,27+,28?,29?/m1/s1. The fourth-order valence-corrected chi connectivity index (χ4v) is 5.82. The summed E-state index contributed by atoms with van der Waals surface area (Å²) in [6.07, 6.45) is 6.05. The number of urea groups is 1. The minimum Gasteiger partial charge on any atom is -0.335 e. The van der Waals surface area contributed by atoms with Crippen molar-refractivity contribution >= 4 is 11.8 Å². The van der Waals surface area contributed by atoms with Crippen LogP contribution in [0.25, 0.3) is 0 Å². The van der Waals surface area contributed by atoms with Gasteiger partial charge in [-0.15, -0.1) is 0 Å². The van der Waals surface area contributed by atoms with Crippen molar-refractivity contribution in [2.24, 2.45) is 39.9 Å². The van der Waals surface area contributed by atoms with Crippen LogP contribution in [-0.2, 0) is 4.79 Å². The zero-order valence-electron chi connectivity index (χ0n) is 26.4. The second kappa shape index (κ2) is 13.0. The van der Waals surface area contributed by atoms with Crippen LogP contribution < -0.4 is 10.6 Å². The summed E-state index contributed by atoms with van der Waals surface area (Å²) in [5, 5.41) is 6.58. The summed E-state index contributed by atoms with van der Waals surface area (Å²) in [6.45, 7) is 34.5. The van der Waals surface area contributed by atoms with Crippen molar-refractivity contribution < 1.29 is 9.59 Å². The molecule has 0 aliphatic heterocycles. The van der Waals surface area contributed by atoms with Gasteiger partial charge in [0.1, 0.15) is 5.78 Å². The van der Waals surface area contributed by atoms with Gasteiger partial charge in [0.2, 0.25) is 0 Å². The Morgan fingerprint density at radius 1 is 0.973 bits per heavy atom. The fraction of sp³-hybridized carbons (Fsp3) is 0.818. The Kier molecular flexibility index (Phi) is 11.7. The third kappa shape index (κ3) is 11.0. The lowest BCUT2D eigenvalue weighted by Crippen LogP contribution is -2.52. The van der Waals surface area contributed by atoms with Crippen LogP contribution in [0.1, 0.15) is 122 Å². The molecule has 2 amide bonds. The molecule has 37 heavy (non-hydrogen) atoms. The zero-order chi connectivity index (χ0) is 28.9. The molecule has 2 N–H and O–H groups in total. The first-order valence-corrected chi connectivity index (χ1v) is 14.6. The van der Waals surface area contributed by atoms with Crippen LogP contribution in [0.3, 0.4) is 0 Å². The van der Waals surface area contributed by atoms with E-state index in [4.69, 9.17) is 0 Å². The largest absolute Gasteiger partial charge is 0.335 e. The van der Waals surface area contributed by atoms with Crippen molar-refractivity contribution in [3.05, 3.63) is 24.3 Å². The highest BCUT2D eigenvalue weighted by molar-refractivity contribution is 5.80. The molecule has 0 spiro atoms. The molecule has 4 nitrogen and oxygen atoms in total. The molecule has 0 bridgehead atoms. The SMILES string of the molecule is C=C(C(C)C(C(C)=O)[C@H]1C[C@H]1CC)C(NC(=O)N[C@H](CCCC(=C)C(C)(C)C)CC(C)(C)C)C(C)(C)C. The third-order valence-corrected chi connectivity index (χ3v) is 8.35. The molecule has 6 atom stereocenters. The molecule has 1 saturated carbocycles. The molecule has 0 radical (unpaired) electrons. The molecule has 214 valence electrons. The van der Waals surface area contributed by atoms with E-state index in [1.807, 2.05) is 0 Å². The number of carbonyl (C=O) groups excluding carboxylic acids is 2. The van der Waals surface area contributed by atoms with E-state index in [0.29, 0.717) is 11.8 Å². The highest BCUT2D eigenvalue weighted by atomic mass is 16.2. The zero-order valence-corrected chi connectivity index (χ0v) is 26.4. The van der Waals surface area contributed by atoms with Gasteiger partial charge in [0.05, 0.1) is 6.04 Å².